The number of hydrogen-bond acceptors (Lipinski definition) is 2. The Hall–Kier alpha value is -0.353. The van der Waals surface area contributed by atoms with E-state index in [1.54, 1.807) is 0 Å². The topological polar surface area (TPSA) is 38.3 Å². The van der Waals surface area contributed by atoms with Gasteiger partial charge in [0.15, 0.2) is 8.32 Å². The van der Waals surface area contributed by atoms with Crippen LogP contribution in [0.25, 0.3) is 0 Å². The van der Waals surface area contributed by atoms with Gasteiger partial charge >= 0.3 is 0 Å². The van der Waals surface area contributed by atoms with Gasteiger partial charge in [0.05, 0.1) is 5.41 Å². The largest absolute Gasteiger partial charge is 0.414 e. The van der Waals surface area contributed by atoms with Crippen molar-refractivity contribution in [3.8, 4) is 0 Å². The summed E-state index contributed by atoms with van der Waals surface area (Å²) in [6, 6.07) is 0. The van der Waals surface area contributed by atoms with E-state index >= 15 is 0 Å². The summed E-state index contributed by atoms with van der Waals surface area (Å²) >= 11 is 0. The summed E-state index contributed by atoms with van der Waals surface area (Å²) in [7, 11) is -1.66. The summed E-state index contributed by atoms with van der Waals surface area (Å²) in [6.07, 6.45) is 5.54. The molecule has 0 aromatic heterocycles. The predicted molar refractivity (Wildman–Crippen MR) is 80.6 cm³/mol. The number of amides is 1. The summed E-state index contributed by atoms with van der Waals surface area (Å²) in [6.45, 7) is 12.4. The summed E-state index contributed by atoms with van der Waals surface area (Å²) < 4.78 is 6.49. The fraction of sp³-hybridized carbons (Fsp3) is 0.933. The Bertz CT molecular complexity index is 352. The second kappa shape index (κ2) is 4.88. The first-order valence-electron chi connectivity index (χ1n) is 7.62. The van der Waals surface area contributed by atoms with Crippen molar-refractivity contribution in [3.63, 3.8) is 0 Å². The van der Waals surface area contributed by atoms with Crippen LogP contribution in [0.5, 0.6) is 0 Å². The molecule has 2 rings (SSSR count). The molecule has 1 saturated carbocycles. The Balaban J connectivity index is 1.92. The summed E-state index contributed by atoms with van der Waals surface area (Å²) in [5.41, 5.74) is -0.0483. The van der Waals surface area contributed by atoms with Crippen LogP contribution in [0.2, 0.25) is 18.1 Å². The average Bonchev–Trinajstić information content (AvgIpc) is 2.62. The highest BCUT2D eigenvalue weighted by molar-refractivity contribution is 6.74. The molecule has 1 amide bonds. The first-order chi connectivity index (χ1) is 8.66. The second-order valence-electron chi connectivity index (χ2n) is 7.86. The Morgan fingerprint density at radius 1 is 1.21 bits per heavy atom. The third-order valence-corrected chi connectivity index (χ3v) is 10.1. The van der Waals surface area contributed by atoms with Crippen LogP contribution >= 0.6 is 0 Å². The smallest absolute Gasteiger partial charge is 0.226 e. The standard InChI is InChI=1S/C15H29NO2Si/c1-14(2,3)19(4,5)18-12-6-8-15(9-7-12)10-11-16-13(15)17/h12H,6-11H2,1-5H3,(H,16,17). The molecule has 1 heterocycles. The number of nitrogens with one attached hydrogen (secondary N) is 1. The van der Waals surface area contributed by atoms with Gasteiger partial charge in [0.2, 0.25) is 5.91 Å². The third kappa shape index (κ3) is 2.89. The first kappa shape index (κ1) is 15.0. The molecule has 1 N–H and O–H groups in total. The van der Waals surface area contributed by atoms with Crippen molar-refractivity contribution in [2.75, 3.05) is 6.54 Å². The zero-order chi connectivity index (χ0) is 14.3. The molecular formula is C15H29NO2Si. The van der Waals surface area contributed by atoms with Crippen LogP contribution in [-0.4, -0.2) is 26.9 Å². The summed E-state index contributed by atoms with van der Waals surface area (Å²) in [5.74, 6) is 0.290. The third-order valence-electron chi connectivity index (χ3n) is 5.53. The van der Waals surface area contributed by atoms with Gasteiger partial charge in [0.1, 0.15) is 0 Å². The van der Waals surface area contributed by atoms with Gasteiger partial charge in [0.25, 0.3) is 0 Å². The molecule has 0 radical (unpaired) electrons. The average molecular weight is 283 g/mol. The quantitative estimate of drug-likeness (QED) is 0.788. The minimum Gasteiger partial charge on any atom is -0.414 e. The lowest BCUT2D eigenvalue weighted by Crippen LogP contribution is -2.46. The van der Waals surface area contributed by atoms with Crippen LogP contribution < -0.4 is 5.32 Å². The van der Waals surface area contributed by atoms with Gasteiger partial charge in [-0.1, -0.05) is 20.8 Å². The van der Waals surface area contributed by atoms with Gasteiger partial charge in [0, 0.05) is 12.6 Å². The van der Waals surface area contributed by atoms with Crippen molar-refractivity contribution in [3.05, 3.63) is 0 Å². The van der Waals surface area contributed by atoms with Crippen molar-refractivity contribution in [1.82, 2.24) is 5.32 Å². The fourth-order valence-corrected chi connectivity index (χ4v) is 4.47. The summed E-state index contributed by atoms with van der Waals surface area (Å²) in [4.78, 5) is 12.0. The van der Waals surface area contributed by atoms with E-state index in [9.17, 15) is 4.79 Å². The van der Waals surface area contributed by atoms with E-state index in [0.29, 0.717) is 12.0 Å². The maximum Gasteiger partial charge on any atom is 0.226 e. The second-order valence-corrected chi connectivity index (χ2v) is 12.6. The molecule has 0 aromatic carbocycles. The van der Waals surface area contributed by atoms with E-state index in [1.807, 2.05) is 0 Å². The number of hydrogen-bond donors (Lipinski definition) is 1. The van der Waals surface area contributed by atoms with Crippen LogP contribution in [0.4, 0.5) is 0 Å². The minimum absolute atomic E-state index is 0.0483. The van der Waals surface area contributed by atoms with E-state index in [1.165, 1.54) is 0 Å². The van der Waals surface area contributed by atoms with E-state index in [-0.39, 0.29) is 10.5 Å². The number of carbonyl (C=O) groups is 1. The molecule has 0 unspecified atom stereocenters. The van der Waals surface area contributed by atoms with Crippen molar-refractivity contribution < 1.29 is 9.22 Å². The van der Waals surface area contributed by atoms with Crippen LogP contribution in [0.3, 0.4) is 0 Å². The van der Waals surface area contributed by atoms with Crippen LogP contribution in [0.1, 0.15) is 52.9 Å². The lowest BCUT2D eigenvalue weighted by atomic mass is 9.72. The number of carbonyl (C=O) groups excluding carboxylic acids is 1. The highest BCUT2D eigenvalue weighted by Crippen LogP contribution is 2.45. The Morgan fingerprint density at radius 2 is 1.79 bits per heavy atom. The maximum absolute atomic E-state index is 12.0. The van der Waals surface area contributed by atoms with Crippen molar-refractivity contribution in [2.45, 2.75) is 77.1 Å². The molecule has 0 bridgehead atoms. The number of rotatable bonds is 2. The molecule has 4 heteroatoms. The molecule has 1 saturated heterocycles. The molecule has 2 fully saturated rings. The molecule has 1 aliphatic carbocycles. The molecule has 1 aliphatic heterocycles. The molecule has 19 heavy (non-hydrogen) atoms. The fourth-order valence-electron chi connectivity index (χ4n) is 3.05. The van der Waals surface area contributed by atoms with Crippen LogP contribution in [0.15, 0.2) is 0 Å². The zero-order valence-corrected chi connectivity index (χ0v) is 14.1. The minimum atomic E-state index is -1.66. The van der Waals surface area contributed by atoms with E-state index in [0.717, 1.165) is 38.6 Å². The van der Waals surface area contributed by atoms with Gasteiger partial charge in [-0.05, 0) is 50.2 Å². The van der Waals surface area contributed by atoms with Gasteiger partial charge < -0.3 is 9.74 Å². The van der Waals surface area contributed by atoms with Gasteiger partial charge in [-0.25, -0.2) is 0 Å². The molecule has 1 spiro atoms. The van der Waals surface area contributed by atoms with E-state index in [4.69, 9.17) is 4.43 Å². The molecular weight excluding hydrogens is 254 g/mol. The lowest BCUT2D eigenvalue weighted by Gasteiger charge is -2.42. The van der Waals surface area contributed by atoms with Crippen LogP contribution in [-0.2, 0) is 9.22 Å². The van der Waals surface area contributed by atoms with Crippen LogP contribution in [0, 0.1) is 5.41 Å². The Morgan fingerprint density at radius 3 is 2.21 bits per heavy atom. The molecule has 2 aliphatic rings. The predicted octanol–water partition coefficient (Wildman–Crippen LogP) is 3.46. The van der Waals surface area contributed by atoms with Crippen molar-refractivity contribution in [2.24, 2.45) is 5.41 Å². The molecule has 0 aromatic rings. The van der Waals surface area contributed by atoms with Gasteiger partial charge in [-0.15, -0.1) is 0 Å². The first-order valence-corrected chi connectivity index (χ1v) is 10.5. The monoisotopic (exact) mass is 283 g/mol. The van der Waals surface area contributed by atoms with Crippen molar-refractivity contribution in [1.29, 1.82) is 0 Å². The van der Waals surface area contributed by atoms with E-state index in [2.05, 4.69) is 39.2 Å². The Kier molecular flexibility index (Phi) is 3.87. The van der Waals surface area contributed by atoms with Gasteiger partial charge in [-0.3, -0.25) is 4.79 Å². The zero-order valence-electron chi connectivity index (χ0n) is 13.1. The SMILES string of the molecule is CC(C)(C)[Si](C)(C)OC1CCC2(CCNC2=O)CC1. The maximum atomic E-state index is 12.0. The highest BCUT2D eigenvalue weighted by atomic mass is 28.4. The highest BCUT2D eigenvalue weighted by Gasteiger charge is 2.46. The van der Waals surface area contributed by atoms with E-state index < -0.39 is 8.32 Å². The van der Waals surface area contributed by atoms with Crippen molar-refractivity contribution >= 4 is 14.2 Å². The molecule has 110 valence electrons. The molecule has 3 nitrogen and oxygen atoms in total. The summed E-state index contributed by atoms with van der Waals surface area (Å²) in [5, 5.41) is 3.27. The lowest BCUT2D eigenvalue weighted by molar-refractivity contribution is -0.130. The normalized spacial score (nSPS) is 32.7. The Labute approximate surface area is 118 Å². The van der Waals surface area contributed by atoms with Gasteiger partial charge in [-0.2, -0.15) is 0 Å². The molecule has 0 atom stereocenters.